The number of alkyl halides is 3. The van der Waals surface area contributed by atoms with Crippen molar-refractivity contribution in [3.63, 3.8) is 0 Å². The number of sulfonamides is 1. The zero-order valence-corrected chi connectivity index (χ0v) is 19.2. The molecule has 0 bridgehead atoms. The molecular formula is C24H18F4N4O2S. The van der Waals surface area contributed by atoms with Crippen molar-refractivity contribution in [1.29, 1.82) is 5.26 Å². The lowest BCUT2D eigenvalue weighted by Gasteiger charge is -2.17. The fraction of sp³-hybridized carbons (Fsp3) is 0.167. The van der Waals surface area contributed by atoms with Gasteiger partial charge >= 0.3 is 6.18 Å². The minimum atomic E-state index is -4.75. The van der Waals surface area contributed by atoms with Crippen LogP contribution in [0.25, 0.3) is 28.0 Å². The van der Waals surface area contributed by atoms with Gasteiger partial charge in [-0.15, -0.1) is 0 Å². The number of nitrogens with zero attached hydrogens (tertiary/aromatic N) is 3. The summed E-state index contributed by atoms with van der Waals surface area (Å²) in [5.41, 5.74) is 2.89. The number of aryl methyl sites for hydroxylation is 1. The summed E-state index contributed by atoms with van der Waals surface area (Å²) in [5.74, 6) is -0.448. The Morgan fingerprint density at radius 1 is 1.09 bits per heavy atom. The van der Waals surface area contributed by atoms with Gasteiger partial charge in [-0.2, -0.15) is 23.2 Å². The summed E-state index contributed by atoms with van der Waals surface area (Å²) in [6, 6.07) is 13.4. The molecule has 2 aromatic heterocycles. The zero-order chi connectivity index (χ0) is 25.5. The first kappa shape index (κ1) is 24.4. The van der Waals surface area contributed by atoms with Crippen LogP contribution in [0, 0.1) is 24.1 Å². The Labute approximate surface area is 198 Å². The van der Waals surface area contributed by atoms with Crippen LogP contribution in [0.15, 0.2) is 65.7 Å². The van der Waals surface area contributed by atoms with E-state index in [-0.39, 0.29) is 11.3 Å². The number of aromatic nitrogens is 2. The Balaban J connectivity index is 1.88. The van der Waals surface area contributed by atoms with Gasteiger partial charge in [0.25, 0.3) is 0 Å². The van der Waals surface area contributed by atoms with Crippen molar-refractivity contribution in [2.75, 3.05) is 0 Å². The van der Waals surface area contributed by atoms with Gasteiger partial charge in [0.2, 0.25) is 10.0 Å². The number of pyridine rings is 1. The topological polar surface area (TPSA) is 87.8 Å². The fourth-order valence-electron chi connectivity index (χ4n) is 3.67. The largest absolute Gasteiger partial charge is 0.404 e. The number of hydrogen-bond acceptors (Lipinski definition) is 4. The SMILES string of the molecule is Cc1ccc2c(c1)c(C#N)c(-c1ccc(S(=O)(=O)NC(C)C(F)(F)F)cn1)n2-c1ccc(F)cc1. The summed E-state index contributed by atoms with van der Waals surface area (Å²) in [4.78, 5) is 3.71. The Morgan fingerprint density at radius 3 is 2.34 bits per heavy atom. The molecule has 4 rings (SSSR count). The van der Waals surface area contributed by atoms with Gasteiger partial charge in [-0.05, 0) is 62.4 Å². The predicted molar refractivity (Wildman–Crippen MR) is 122 cm³/mol. The normalized spacial score (nSPS) is 13.1. The Morgan fingerprint density at radius 2 is 1.77 bits per heavy atom. The Hall–Kier alpha value is -3.75. The van der Waals surface area contributed by atoms with Crippen molar-refractivity contribution in [2.24, 2.45) is 0 Å². The van der Waals surface area contributed by atoms with Crippen LogP contribution in [0.4, 0.5) is 17.6 Å². The van der Waals surface area contributed by atoms with E-state index in [0.717, 1.165) is 17.8 Å². The van der Waals surface area contributed by atoms with E-state index in [1.807, 2.05) is 19.1 Å². The van der Waals surface area contributed by atoms with Crippen LogP contribution in [0.1, 0.15) is 18.1 Å². The smallest absolute Gasteiger partial charge is 0.307 e. The van der Waals surface area contributed by atoms with Gasteiger partial charge in [-0.25, -0.2) is 12.8 Å². The van der Waals surface area contributed by atoms with Crippen molar-refractivity contribution in [1.82, 2.24) is 14.3 Å². The van der Waals surface area contributed by atoms with Gasteiger partial charge in [0, 0.05) is 17.3 Å². The molecule has 6 nitrogen and oxygen atoms in total. The molecule has 2 aromatic carbocycles. The first-order valence-corrected chi connectivity index (χ1v) is 11.8. The minimum absolute atomic E-state index is 0.211. The number of halogens is 4. The summed E-state index contributed by atoms with van der Waals surface area (Å²) in [7, 11) is -4.50. The standard InChI is InChI=1S/C24H18F4N4O2S/c1-14-3-10-22-19(11-14)20(12-29)23(32(22)17-6-4-16(25)5-7-17)21-9-8-18(13-30-21)35(33,34)31-15(2)24(26,27)28/h3-11,13,15,31H,1-2H3. The number of nitrogens with one attached hydrogen (secondary N) is 1. The molecule has 1 atom stereocenters. The molecular weight excluding hydrogens is 484 g/mol. The van der Waals surface area contributed by atoms with Gasteiger partial charge < -0.3 is 4.57 Å². The molecule has 0 spiro atoms. The van der Waals surface area contributed by atoms with E-state index in [0.29, 0.717) is 29.2 Å². The highest BCUT2D eigenvalue weighted by atomic mass is 32.2. The molecule has 1 N–H and O–H groups in total. The monoisotopic (exact) mass is 502 g/mol. The van der Waals surface area contributed by atoms with Crippen LogP contribution in [0.2, 0.25) is 0 Å². The second-order valence-corrected chi connectivity index (χ2v) is 9.65. The molecule has 11 heteroatoms. The molecule has 0 aliphatic heterocycles. The quantitative estimate of drug-likeness (QED) is 0.378. The highest BCUT2D eigenvalue weighted by Crippen LogP contribution is 2.36. The highest BCUT2D eigenvalue weighted by molar-refractivity contribution is 7.89. The summed E-state index contributed by atoms with van der Waals surface area (Å²) < 4.78 is 80.2. The molecule has 0 saturated carbocycles. The van der Waals surface area contributed by atoms with Crippen LogP contribution in [0.3, 0.4) is 0 Å². The lowest BCUT2D eigenvalue weighted by atomic mass is 10.1. The van der Waals surface area contributed by atoms with Crippen molar-refractivity contribution >= 4 is 20.9 Å². The van der Waals surface area contributed by atoms with Crippen molar-refractivity contribution in [2.45, 2.75) is 31.0 Å². The van der Waals surface area contributed by atoms with Gasteiger partial charge in [0.05, 0.1) is 22.5 Å². The average Bonchev–Trinajstić information content (AvgIpc) is 3.12. The molecule has 2 heterocycles. The van der Waals surface area contributed by atoms with Crippen molar-refractivity contribution in [3.8, 4) is 23.1 Å². The van der Waals surface area contributed by atoms with Crippen LogP contribution >= 0.6 is 0 Å². The molecule has 0 aliphatic carbocycles. The van der Waals surface area contributed by atoms with Crippen LogP contribution < -0.4 is 4.72 Å². The van der Waals surface area contributed by atoms with Crippen molar-refractivity contribution < 1.29 is 26.0 Å². The molecule has 0 fully saturated rings. The average molecular weight is 502 g/mol. The number of benzene rings is 2. The molecule has 1 unspecified atom stereocenters. The van der Waals surface area contributed by atoms with E-state index in [1.54, 1.807) is 15.4 Å². The van der Waals surface area contributed by atoms with E-state index in [1.165, 1.54) is 30.3 Å². The lowest BCUT2D eigenvalue weighted by molar-refractivity contribution is -0.147. The number of fused-ring (bicyclic) bond motifs is 1. The second kappa shape index (κ2) is 8.79. The number of rotatable bonds is 5. The summed E-state index contributed by atoms with van der Waals surface area (Å²) >= 11 is 0. The summed E-state index contributed by atoms with van der Waals surface area (Å²) in [6.07, 6.45) is -3.82. The van der Waals surface area contributed by atoms with Gasteiger partial charge in [-0.1, -0.05) is 11.6 Å². The third-order valence-electron chi connectivity index (χ3n) is 5.43. The molecule has 0 amide bonds. The Kier molecular flexibility index (Phi) is 6.12. The first-order chi connectivity index (χ1) is 16.4. The second-order valence-electron chi connectivity index (χ2n) is 7.93. The maximum Gasteiger partial charge on any atom is 0.404 e. The minimum Gasteiger partial charge on any atom is -0.307 e. The van der Waals surface area contributed by atoms with Gasteiger partial charge in [0.1, 0.15) is 22.8 Å². The third kappa shape index (κ3) is 4.62. The van der Waals surface area contributed by atoms with E-state index in [9.17, 15) is 31.2 Å². The number of hydrogen-bond donors (Lipinski definition) is 1. The fourth-order valence-corrected chi connectivity index (χ4v) is 4.84. The van der Waals surface area contributed by atoms with Gasteiger partial charge in [-0.3, -0.25) is 4.98 Å². The van der Waals surface area contributed by atoms with Crippen LogP contribution in [-0.4, -0.2) is 30.2 Å². The molecule has 180 valence electrons. The van der Waals surface area contributed by atoms with Crippen molar-refractivity contribution in [3.05, 3.63) is 77.7 Å². The van der Waals surface area contributed by atoms with Crippen LogP contribution in [-0.2, 0) is 10.0 Å². The van der Waals surface area contributed by atoms with E-state index in [2.05, 4.69) is 11.1 Å². The Bertz CT molecular complexity index is 1550. The molecule has 35 heavy (non-hydrogen) atoms. The highest BCUT2D eigenvalue weighted by Gasteiger charge is 2.39. The first-order valence-electron chi connectivity index (χ1n) is 10.3. The predicted octanol–water partition coefficient (Wildman–Crippen LogP) is 5.24. The third-order valence-corrected chi connectivity index (χ3v) is 6.96. The van der Waals surface area contributed by atoms with E-state index < -0.39 is 33.0 Å². The molecule has 0 radical (unpaired) electrons. The van der Waals surface area contributed by atoms with E-state index >= 15 is 0 Å². The molecule has 4 aromatic rings. The van der Waals surface area contributed by atoms with Gasteiger partial charge in [0.15, 0.2) is 0 Å². The maximum absolute atomic E-state index is 13.6. The maximum atomic E-state index is 13.6. The van der Waals surface area contributed by atoms with Crippen LogP contribution in [0.5, 0.6) is 0 Å². The lowest BCUT2D eigenvalue weighted by Crippen LogP contribution is -2.42. The summed E-state index contributed by atoms with van der Waals surface area (Å²) in [5, 5.41) is 10.6. The van der Waals surface area contributed by atoms with E-state index in [4.69, 9.17) is 0 Å². The number of nitriles is 1. The molecule has 0 saturated heterocycles. The summed E-state index contributed by atoms with van der Waals surface area (Å²) in [6.45, 7) is 2.56. The zero-order valence-electron chi connectivity index (χ0n) is 18.4. The molecule has 0 aliphatic rings.